The molecular formula is C18H18ClNO3S. The Hall–Kier alpha value is -1.85. The fraction of sp³-hybridized carbons (Fsp3) is 0.278. The first-order valence-corrected chi connectivity index (χ1v) is 9.02. The number of thioether (sulfide) groups is 1. The quantitative estimate of drug-likeness (QED) is 0.820. The monoisotopic (exact) mass is 363 g/mol. The summed E-state index contributed by atoms with van der Waals surface area (Å²) in [4.78, 5) is 13.1. The van der Waals surface area contributed by atoms with Gasteiger partial charge in [-0.05, 0) is 36.8 Å². The van der Waals surface area contributed by atoms with Crippen molar-refractivity contribution in [1.29, 1.82) is 0 Å². The standard InChI is InChI=1S/C18H18ClNO3S/c1-12-2-4-14(5-3-12)24-11-17(21)20-10-13-8-15(19)18-16(9-13)22-6-7-23-18/h2-5,8-9H,6-7,10-11H2,1H3,(H,20,21). The van der Waals surface area contributed by atoms with E-state index in [1.165, 1.54) is 17.3 Å². The third kappa shape index (κ3) is 4.36. The zero-order valence-electron chi connectivity index (χ0n) is 13.3. The molecule has 6 heteroatoms. The van der Waals surface area contributed by atoms with Crippen molar-refractivity contribution in [2.75, 3.05) is 19.0 Å². The van der Waals surface area contributed by atoms with Gasteiger partial charge in [-0.15, -0.1) is 11.8 Å². The molecule has 126 valence electrons. The lowest BCUT2D eigenvalue weighted by atomic mass is 10.2. The van der Waals surface area contributed by atoms with Crippen LogP contribution in [0.1, 0.15) is 11.1 Å². The van der Waals surface area contributed by atoms with E-state index in [0.29, 0.717) is 42.0 Å². The van der Waals surface area contributed by atoms with Crippen molar-refractivity contribution >= 4 is 29.3 Å². The van der Waals surface area contributed by atoms with Gasteiger partial charge in [-0.2, -0.15) is 0 Å². The predicted octanol–water partition coefficient (Wildman–Crippen LogP) is 3.83. The smallest absolute Gasteiger partial charge is 0.230 e. The molecule has 3 rings (SSSR count). The highest BCUT2D eigenvalue weighted by atomic mass is 35.5. The van der Waals surface area contributed by atoms with Crippen LogP contribution in [-0.4, -0.2) is 24.9 Å². The van der Waals surface area contributed by atoms with Gasteiger partial charge in [0, 0.05) is 11.4 Å². The number of aryl methyl sites for hydroxylation is 1. The van der Waals surface area contributed by atoms with Gasteiger partial charge < -0.3 is 14.8 Å². The SMILES string of the molecule is Cc1ccc(SCC(=O)NCc2cc(Cl)c3c(c2)OCCO3)cc1. The summed E-state index contributed by atoms with van der Waals surface area (Å²) in [5, 5.41) is 3.40. The van der Waals surface area contributed by atoms with Crippen molar-refractivity contribution in [2.45, 2.75) is 18.4 Å². The number of amides is 1. The number of fused-ring (bicyclic) bond motifs is 1. The van der Waals surface area contributed by atoms with E-state index in [1.54, 1.807) is 6.07 Å². The first kappa shape index (κ1) is 17.0. The molecular weight excluding hydrogens is 346 g/mol. The van der Waals surface area contributed by atoms with Gasteiger partial charge in [0.15, 0.2) is 11.5 Å². The fourth-order valence-electron chi connectivity index (χ4n) is 2.30. The molecule has 4 nitrogen and oxygen atoms in total. The fourth-order valence-corrected chi connectivity index (χ4v) is 3.32. The van der Waals surface area contributed by atoms with Gasteiger partial charge in [-0.1, -0.05) is 29.3 Å². The number of ether oxygens (including phenoxy) is 2. The Morgan fingerprint density at radius 1 is 1.21 bits per heavy atom. The Labute approximate surface area is 150 Å². The number of benzene rings is 2. The largest absolute Gasteiger partial charge is 0.486 e. The van der Waals surface area contributed by atoms with Gasteiger partial charge >= 0.3 is 0 Å². The van der Waals surface area contributed by atoms with E-state index in [1.807, 2.05) is 37.3 Å². The van der Waals surface area contributed by atoms with E-state index in [4.69, 9.17) is 21.1 Å². The summed E-state index contributed by atoms with van der Waals surface area (Å²) in [5.41, 5.74) is 2.09. The van der Waals surface area contributed by atoms with Crippen LogP contribution in [0.25, 0.3) is 0 Å². The number of rotatable bonds is 5. The van der Waals surface area contributed by atoms with Gasteiger partial charge in [0.25, 0.3) is 0 Å². The average molecular weight is 364 g/mol. The highest BCUT2D eigenvalue weighted by Crippen LogP contribution is 2.38. The molecule has 2 aromatic carbocycles. The molecule has 0 fully saturated rings. The second-order valence-electron chi connectivity index (χ2n) is 5.48. The number of halogens is 1. The van der Waals surface area contributed by atoms with Gasteiger partial charge in [-0.3, -0.25) is 4.79 Å². The average Bonchev–Trinajstić information content (AvgIpc) is 2.59. The highest BCUT2D eigenvalue weighted by Gasteiger charge is 2.16. The first-order chi connectivity index (χ1) is 11.6. The van der Waals surface area contributed by atoms with Crippen molar-refractivity contribution in [3.63, 3.8) is 0 Å². The maximum atomic E-state index is 12.0. The topological polar surface area (TPSA) is 47.6 Å². The number of carbonyl (C=O) groups is 1. The molecule has 0 atom stereocenters. The van der Waals surface area contributed by atoms with Gasteiger partial charge in [0.05, 0.1) is 10.8 Å². The minimum absolute atomic E-state index is 0.0217. The van der Waals surface area contributed by atoms with E-state index >= 15 is 0 Å². The molecule has 1 aliphatic heterocycles. The third-order valence-electron chi connectivity index (χ3n) is 3.54. The summed E-state index contributed by atoms with van der Waals surface area (Å²) >= 11 is 7.71. The van der Waals surface area contributed by atoms with Gasteiger partial charge in [-0.25, -0.2) is 0 Å². The van der Waals surface area contributed by atoms with Crippen LogP contribution in [0.2, 0.25) is 5.02 Å². The van der Waals surface area contributed by atoms with Crippen molar-refractivity contribution in [1.82, 2.24) is 5.32 Å². The molecule has 0 radical (unpaired) electrons. The minimum atomic E-state index is -0.0217. The van der Waals surface area contributed by atoms with E-state index in [2.05, 4.69) is 5.32 Å². The molecule has 0 spiro atoms. The summed E-state index contributed by atoms with van der Waals surface area (Å²) < 4.78 is 11.0. The molecule has 0 saturated heterocycles. The second kappa shape index (κ2) is 7.81. The Balaban J connectivity index is 1.52. The van der Waals surface area contributed by atoms with E-state index in [0.717, 1.165) is 10.5 Å². The molecule has 1 amide bonds. The van der Waals surface area contributed by atoms with Gasteiger partial charge in [0.2, 0.25) is 5.91 Å². The lowest BCUT2D eigenvalue weighted by Crippen LogP contribution is -2.24. The molecule has 0 aliphatic carbocycles. The minimum Gasteiger partial charge on any atom is -0.486 e. The lowest BCUT2D eigenvalue weighted by Gasteiger charge is -2.20. The first-order valence-electron chi connectivity index (χ1n) is 7.66. The summed E-state index contributed by atoms with van der Waals surface area (Å²) in [6, 6.07) is 11.8. The number of hydrogen-bond donors (Lipinski definition) is 1. The second-order valence-corrected chi connectivity index (χ2v) is 6.94. The summed E-state index contributed by atoms with van der Waals surface area (Å²) in [6.45, 7) is 3.45. The number of hydrogen-bond acceptors (Lipinski definition) is 4. The van der Waals surface area contributed by atoms with Crippen LogP contribution in [0.4, 0.5) is 0 Å². The van der Waals surface area contributed by atoms with Crippen LogP contribution in [-0.2, 0) is 11.3 Å². The van der Waals surface area contributed by atoms with Crippen LogP contribution in [0.5, 0.6) is 11.5 Å². The van der Waals surface area contributed by atoms with Crippen molar-refractivity contribution < 1.29 is 14.3 Å². The van der Waals surface area contributed by atoms with Crippen molar-refractivity contribution in [2.24, 2.45) is 0 Å². The third-order valence-corrected chi connectivity index (χ3v) is 4.83. The molecule has 0 saturated carbocycles. The van der Waals surface area contributed by atoms with Crippen LogP contribution in [0.3, 0.4) is 0 Å². The van der Waals surface area contributed by atoms with Gasteiger partial charge in [0.1, 0.15) is 13.2 Å². The lowest BCUT2D eigenvalue weighted by molar-refractivity contribution is -0.118. The van der Waals surface area contributed by atoms with E-state index < -0.39 is 0 Å². The summed E-state index contributed by atoms with van der Waals surface area (Å²) in [7, 11) is 0. The molecule has 0 bridgehead atoms. The maximum Gasteiger partial charge on any atom is 0.230 e. The van der Waals surface area contributed by atoms with E-state index in [9.17, 15) is 4.79 Å². The molecule has 0 aromatic heterocycles. The summed E-state index contributed by atoms with van der Waals surface area (Å²) in [6.07, 6.45) is 0. The van der Waals surface area contributed by atoms with Crippen LogP contribution < -0.4 is 14.8 Å². The number of carbonyl (C=O) groups excluding carboxylic acids is 1. The number of nitrogens with one attached hydrogen (secondary N) is 1. The maximum absolute atomic E-state index is 12.0. The van der Waals surface area contributed by atoms with Crippen LogP contribution in [0.15, 0.2) is 41.3 Å². The molecule has 1 heterocycles. The molecule has 24 heavy (non-hydrogen) atoms. The zero-order chi connectivity index (χ0) is 16.9. The summed E-state index contributed by atoms with van der Waals surface area (Å²) in [5.74, 6) is 1.56. The predicted molar refractivity (Wildman–Crippen MR) is 96.2 cm³/mol. The molecule has 0 unspecified atom stereocenters. The Kier molecular flexibility index (Phi) is 5.53. The van der Waals surface area contributed by atoms with Crippen molar-refractivity contribution in [3.05, 3.63) is 52.5 Å². The normalized spacial score (nSPS) is 12.8. The van der Waals surface area contributed by atoms with E-state index in [-0.39, 0.29) is 5.91 Å². The molecule has 1 aliphatic rings. The molecule has 2 aromatic rings. The Morgan fingerprint density at radius 2 is 1.96 bits per heavy atom. The Bertz CT molecular complexity index is 734. The van der Waals surface area contributed by atoms with Crippen molar-refractivity contribution in [3.8, 4) is 11.5 Å². The Morgan fingerprint density at radius 3 is 2.75 bits per heavy atom. The molecule has 1 N–H and O–H groups in total. The zero-order valence-corrected chi connectivity index (χ0v) is 14.9. The van der Waals surface area contributed by atoms with Crippen LogP contribution >= 0.6 is 23.4 Å². The van der Waals surface area contributed by atoms with Crippen LogP contribution in [0, 0.1) is 6.92 Å². The highest BCUT2D eigenvalue weighted by molar-refractivity contribution is 8.00.